The summed E-state index contributed by atoms with van der Waals surface area (Å²) in [5.74, 6) is 0. The van der Waals surface area contributed by atoms with Gasteiger partial charge in [-0.25, -0.2) is 0 Å². The van der Waals surface area contributed by atoms with Crippen molar-refractivity contribution in [1.29, 1.82) is 0 Å². The molecule has 0 aliphatic rings. The lowest BCUT2D eigenvalue weighted by atomic mass is 18.6. The van der Waals surface area contributed by atoms with E-state index in [9.17, 15) is 23.3 Å². The standard InChI is InChI=1S/F6S.6FH/c1-7(2,3,4,5)6;;;;;;/h;6*1H. The number of hydrogen-bond acceptors (Lipinski definition) is 0. The third-order valence-electron chi connectivity index (χ3n) is 0. The normalized spacial score (nSPS) is 12.5. The Morgan fingerprint density at radius 2 is 0.385 bits per heavy atom. The van der Waals surface area contributed by atoms with Crippen molar-refractivity contribution < 1.29 is 51.5 Å². The molecule has 0 heterocycles. The van der Waals surface area contributed by atoms with E-state index in [1.54, 1.807) is 0 Å². The van der Waals surface area contributed by atoms with Gasteiger partial charge in [-0.05, 0) is 0 Å². The Balaban J connectivity index is -0.0000000120. The molecule has 0 bridgehead atoms. The average molecular weight is 266 g/mol. The minimum absolute atomic E-state index is 0. The quantitative estimate of drug-likeness (QED) is 0.579. The second-order valence-electron chi connectivity index (χ2n) is 0.875. The summed E-state index contributed by atoms with van der Waals surface area (Å²) in [7, 11) is -10.5. The number of rotatable bonds is 0. The molecule has 0 radical (unpaired) electrons. The molecule has 0 nitrogen and oxygen atoms in total. The van der Waals surface area contributed by atoms with Crippen LogP contribution in [0.5, 0.6) is 0 Å². The Kier molecular flexibility index (Phi) is 25.4. The van der Waals surface area contributed by atoms with E-state index in [4.69, 9.17) is 0 Å². The Labute approximate surface area is 63.5 Å². The monoisotopic (exact) mass is 266 g/mol. The highest BCUT2D eigenvalue weighted by molar-refractivity contribution is 8.41. The first-order valence-corrected chi connectivity index (χ1v) is 2.78. The topological polar surface area (TPSA) is 0 Å². The summed E-state index contributed by atoms with van der Waals surface area (Å²) in [6.07, 6.45) is 0. The maximum atomic E-state index is 9.85. The summed E-state index contributed by atoms with van der Waals surface area (Å²) in [4.78, 5) is 0. The lowest BCUT2D eigenvalue weighted by Crippen LogP contribution is -1.92. The fraction of sp³-hybridized carbons (Fsp3) is 0. The molecule has 0 aromatic heterocycles. The molecule has 0 aliphatic heterocycles. The first-order valence-electron chi connectivity index (χ1n) is 0.926. The van der Waals surface area contributed by atoms with E-state index in [0.717, 1.165) is 0 Å². The molecule has 0 unspecified atom stereocenters. The van der Waals surface area contributed by atoms with E-state index in [2.05, 4.69) is 0 Å². The maximum Gasteiger partial charge on any atom is 0.431 e. The number of halogens is 12. The van der Waals surface area contributed by atoms with Crippen molar-refractivity contribution in [3.05, 3.63) is 0 Å². The van der Waals surface area contributed by atoms with Gasteiger partial charge in [-0.3, -0.25) is 28.2 Å². The highest BCUT2D eigenvalue weighted by Crippen LogP contribution is 2.99. The van der Waals surface area contributed by atoms with Crippen LogP contribution >= 0.6 is 10.6 Å². The van der Waals surface area contributed by atoms with Crippen LogP contribution in [0.1, 0.15) is 0 Å². The van der Waals surface area contributed by atoms with Crippen molar-refractivity contribution in [3.8, 4) is 0 Å². The molecular weight excluding hydrogens is 260 g/mol. The van der Waals surface area contributed by atoms with Crippen LogP contribution in [0, 0.1) is 0 Å². The molecule has 13 heavy (non-hydrogen) atoms. The van der Waals surface area contributed by atoms with Gasteiger partial charge in [-0.1, -0.05) is 23.3 Å². The fourth-order valence-electron chi connectivity index (χ4n) is 0. The van der Waals surface area contributed by atoms with Crippen LogP contribution in [0.15, 0.2) is 0 Å². The van der Waals surface area contributed by atoms with Crippen molar-refractivity contribution in [2.24, 2.45) is 0 Å². The van der Waals surface area contributed by atoms with Gasteiger partial charge in [-0.2, -0.15) is 0 Å². The maximum absolute atomic E-state index is 10.5. The summed E-state index contributed by atoms with van der Waals surface area (Å²) < 4.78 is 59.1. The molecule has 0 aliphatic carbocycles. The SMILES string of the molecule is F.F.F.F.F.F.FS(F)(F)(F)(F)F. The molecule has 0 saturated carbocycles. The molecule has 0 saturated heterocycles. The zero-order chi connectivity index (χ0) is 6.41. The third kappa shape index (κ3) is 4340. The van der Waals surface area contributed by atoms with E-state index in [1.165, 1.54) is 0 Å². The summed E-state index contributed by atoms with van der Waals surface area (Å²) >= 11 is 0. The first kappa shape index (κ1) is 54.6. The van der Waals surface area contributed by atoms with Crippen LogP contribution in [-0.4, -0.2) is 0 Å². The van der Waals surface area contributed by atoms with Crippen LogP contribution in [0.2, 0.25) is 0 Å². The van der Waals surface area contributed by atoms with E-state index in [-0.39, 0.29) is 28.2 Å². The van der Waals surface area contributed by atoms with Gasteiger partial charge < -0.3 is 0 Å². The molecule has 0 fully saturated rings. The Bertz CT molecular complexity index is 63.7. The second-order valence-corrected chi connectivity index (χ2v) is 2.62. The van der Waals surface area contributed by atoms with E-state index >= 15 is 0 Å². The summed E-state index contributed by atoms with van der Waals surface area (Å²) in [6.45, 7) is 0. The predicted molar refractivity (Wildman–Crippen MR) is 29.3 cm³/mol. The second kappa shape index (κ2) is 6.04. The van der Waals surface area contributed by atoms with Crippen LogP contribution in [0.25, 0.3) is 0 Å². The largest absolute Gasteiger partial charge is 0.431 e. The molecule has 0 amide bonds. The lowest BCUT2D eigenvalue weighted by Gasteiger charge is -2.28. The van der Waals surface area contributed by atoms with Crippen molar-refractivity contribution >= 4 is 10.6 Å². The van der Waals surface area contributed by atoms with Crippen molar-refractivity contribution in [2.75, 3.05) is 0 Å². The van der Waals surface area contributed by atoms with Gasteiger partial charge in [0, 0.05) is 0 Å². The molecule has 96 valence electrons. The molecule has 13 heteroatoms. The van der Waals surface area contributed by atoms with Gasteiger partial charge >= 0.3 is 10.6 Å². The van der Waals surface area contributed by atoms with Gasteiger partial charge in [0.25, 0.3) is 0 Å². The predicted octanol–water partition coefficient (Wildman–Crippen LogP) is 4.08. The first-order chi connectivity index (χ1) is 2.45. The smallest absolute Gasteiger partial charge is 0.269 e. The van der Waals surface area contributed by atoms with Crippen molar-refractivity contribution in [1.82, 2.24) is 0 Å². The van der Waals surface area contributed by atoms with Crippen LogP contribution < -0.4 is 0 Å². The van der Waals surface area contributed by atoms with Gasteiger partial charge in [0.2, 0.25) is 0 Å². The molecule has 0 aromatic carbocycles. The van der Waals surface area contributed by atoms with Gasteiger partial charge in [0.15, 0.2) is 0 Å². The highest BCUT2D eigenvalue weighted by atomic mass is 32.5. The van der Waals surface area contributed by atoms with Crippen molar-refractivity contribution in [3.63, 3.8) is 0 Å². The zero-order valence-electron chi connectivity index (χ0n) is 5.13. The summed E-state index contributed by atoms with van der Waals surface area (Å²) in [5, 5.41) is 0. The minimum atomic E-state index is -10.5. The number of hydrogen-bond donors (Lipinski definition) is 0. The zero-order valence-corrected chi connectivity index (χ0v) is 5.94. The molecule has 0 aromatic rings. The Hall–Kier alpha value is -0.490. The van der Waals surface area contributed by atoms with E-state index < -0.39 is 10.6 Å². The van der Waals surface area contributed by atoms with Crippen molar-refractivity contribution in [2.45, 2.75) is 0 Å². The summed E-state index contributed by atoms with van der Waals surface area (Å²) in [6, 6.07) is 0. The van der Waals surface area contributed by atoms with Gasteiger partial charge in [0.05, 0.1) is 0 Å². The minimum Gasteiger partial charge on any atom is -0.269 e. The van der Waals surface area contributed by atoms with Crippen LogP contribution in [0.3, 0.4) is 0 Å². The van der Waals surface area contributed by atoms with E-state index in [1.807, 2.05) is 0 Å². The van der Waals surface area contributed by atoms with Gasteiger partial charge in [0.1, 0.15) is 0 Å². The summed E-state index contributed by atoms with van der Waals surface area (Å²) in [5.41, 5.74) is 0. The highest BCUT2D eigenvalue weighted by Gasteiger charge is 2.64. The fourth-order valence-corrected chi connectivity index (χ4v) is 0. The molecule has 0 atom stereocenters. The Morgan fingerprint density at radius 1 is 0.385 bits per heavy atom. The Morgan fingerprint density at radius 3 is 0.385 bits per heavy atom. The lowest BCUT2D eigenvalue weighted by molar-refractivity contribution is 0.291. The molecule has 0 spiro atoms. The van der Waals surface area contributed by atoms with Crippen LogP contribution in [0.4, 0.5) is 51.5 Å². The van der Waals surface area contributed by atoms with Crippen LogP contribution in [-0.2, 0) is 0 Å². The van der Waals surface area contributed by atoms with E-state index in [0.29, 0.717) is 0 Å². The molecule has 0 N–H and O–H groups in total. The molecule has 0 rings (SSSR count). The third-order valence-corrected chi connectivity index (χ3v) is 0. The van der Waals surface area contributed by atoms with Gasteiger partial charge in [-0.15, -0.1) is 0 Å². The molecular formula is H6F12S. The average Bonchev–Trinajstić information content (AvgIpc) is 0.592.